The number of aliphatic hydroxyl groups excluding tert-OH is 1. The second-order valence-corrected chi connectivity index (χ2v) is 13.2. The van der Waals surface area contributed by atoms with Gasteiger partial charge in [-0.05, 0) is 84.9 Å². The summed E-state index contributed by atoms with van der Waals surface area (Å²) >= 11 is 0. The molecule has 4 heteroatoms. The van der Waals surface area contributed by atoms with Gasteiger partial charge in [0.2, 0.25) is 0 Å². The Bertz CT molecular complexity index is 1380. The number of nitrogens with zero attached hydrogens (tertiary/aromatic N) is 1. The summed E-state index contributed by atoms with van der Waals surface area (Å²) in [5.41, 5.74) is 4.69. The monoisotopic (exact) mass is 635 g/mol. The molecule has 0 saturated carbocycles. The van der Waals surface area contributed by atoms with Crippen LogP contribution in [0.5, 0.6) is 11.5 Å². The van der Waals surface area contributed by atoms with E-state index in [4.69, 9.17) is 0 Å². The first kappa shape index (κ1) is 36.2. The fraction of sp³-hybridized carbons (Fsp3) is 0.442. The average molecular weight is 636 g/mol. The number of para-hydroxylation sites is 2. The normalized spacial score (nSPS) is 12.7. The average Bonchev–Trinajstić information content (AvgIpc) is 3.09. The van der Waals surface area contributed by atoms with Gasteiger partial charge < -0.3 is 15.3 Å². The zero-order valence-electron chi connectivity index (χ0n) is 28.4. The van der Waals surface area contributed by atoms with Crippen molar-refractivity contribution >= 4 is 0 Å². The summed E-state index contributed by atoms with van der Waals surface area (Å²) in [6.45, 7) is 3.16. The maximum Gasteiger partial charge on any atom is 0.119 e. The van der Waals surface area contributed by atoms with E-state index in [-0.39, 0.29) is 12.5 Å². The van der Waals surface area contributed by atoms with Crippen molar-refractivity contribution in [2.75, 3.05) is 19.7 Å². The molecule has 252 valence electrons. The van der Waals surface area contributed by atoms with Crippen molar-refractivity contribution in [3.05, 3.63) is 131 Å². The smallest absolute Gasteiger partial charge is 0.119 e. The molecule has 0 saturated heterocycles. The van der Waals surface area contributed by atoms with Crippen LogP contribution >= 0.6 is 0 Å². The zero-order chi connectivity index (χ0) is 32.9. The highest BCUT2D eigenvalue weighted by molar-refractivity contribution is 5.36. The van der Waals surface area contributed by atoms with Crippen molar-refractivity contribution in [1.29, 1.82) is 0 Å². The first-order chi connectivity index (χ1) is 23.1. The van der Waals surface area contributed by atoms with Gasteiger partial charge in [-0.3, -0.25) is 4.90 Å². The number of aliphatic hydroxyl groups is 1. The third-order valence-corrected chi connectivity index (χ3v) is 9.67. The molecule has 0 aromatic heterocycles. The van der Waals surface area contributed by atoms with Crippen LogP contribution in [0.1, 0.15) is 98.8 Å². The van der Waals surface area contributed by atoms with Gasteiger partial charge in [-0.15, -0.1) is 0 Å². The van der Waals surface area contributed by atoms with Crippen molar-refractivity contribution in [3.8, 4) is 11.5 Å². The molecule has 47 heavy (non-hydrogen) atoms. The van der Waals surface area contributed by atoms with Crippen molar-refractivity contribution < 1.29 is 15.3 Å². The van der Waals surface area contributed by atoms with Crippen LogP contribution in [-0.2, 0) is 19.4 Å². The second kappa shape index (κ2) is 21.3. The summed E-state index contributed by atoms with van der Waals surface area (Å²) in [7, 11) is 0. The minimum absolute atomic E-state index is 0.172. The van der Waals surface area contributed by atoms with Gasteiger partial charge in [-0.25, -0.2) is 0 Å². The van der Waals surface area contributed by atoms with E-state index in [1.165, 1.54) is 62.5 Å². The molecule has 2 unspecified atom stereocenters. The lowest BCUT2D eigenvalue weighted by Crippen LogP contribution is -2.27. The third-order valence-electron chi connectivity index (χ3n) is 9.67. The maximum absolute atomic E-state index is 10.7. The van der Waals surface area contributed by atoms with E-state index < -0.39 is 0 Å². The van der Waals surface area contributed by atoms with Crippen LogP contribution in [0.4, 0.5) is 0 Å². The van der Waals surface area contributed by atoms with E-state index in [1.54, 1.807) is 12.1 Å². The topological polar surface area (TPSA) is 63.9 Å². The van der Waals surface area contributed by atoms with E-state index in [1.807, 2.05) is 36.4 Å². The number of unbranched alkanes of at least 4 members (excludes halogenated alkanes) is 8. The predicted octanol–water partition coefficient (Wildman–Crippen LogP) is 10.1. The van der Waals surface area contributed by atoms with Crippen LogP contribution < -0.4 is 0 Å². The second-order valence-electron chi connectivity index (χ2n) is 13.2. The lowest BCUT2D eigenvalue weighted by atomic mass is 9.77. The van der Waals surface area contributed by atoms with Gasteiger partial charge in [0.25, 0.3) is 0 Å². The summed E-state index contributed by atoms with van der Waals surface area (Å²) in [6.07, 6.45) is 14.8. The maximum atomic E-state index is 10.7. The molecule has 4 aromatic carbocycles. The van der Waals surface area contributed by atoms with Crippen molar-refractivity contribution in [1.82, 2.24) is 4.90 Å². The SMILES string of the molecule is OCCC(Cc1ccccc1)C(CCCCCCCCCCCN(CCc1ccccc1O)Cc1ccccc1)c1ccccc1O. The molecule has 0 aliphatic carbocycles. The largest absolute Gasteiger partial charge is 0.508 e. The Hall–Kier alpha value is -3.60. The van der Waals surface area contributed by atoms with Crippen LogP contribution in [0.25, 0.3) is 0 Å². The number of hydrogen-bond donors (Lipinski definition) is 3. The van der Waals surface area contributed by atoms with Gasteiger partial charge in [0.1, 0.15) is 11.5 Å². The van der Waals surface area contributed by atoms with Crippen molar-refractivity contribution in [2.24, 2.45) is 5.92 Å². The molecule has 0 amide bonds. The van der Waals surface area contributed by atoms with Gasteiger partial charge in [0.05, 0.1) is 0 Å². The van der Waals surface area contributed by atoms with Crippen molar-refractivity contribution in [2.45, 2.75) is 95.9 Å². The molecule has 4 nitrogen and oxygen atoms in total. The van der Waals surface area contributed by atoms with Gasteiger partial charge >= 0.3 is 0 Å². The fourth-order valence-electron chi connectivity index (χ4n) is 7.02. The molecule has 3 N–H and O–H groups in total. The fourth-order valence-corrected chi connectivity index (χ4v) is 7.02. The minimum Gasteiger partial charge on any atom is -0.508 e. The Balaban J connectivity index is 1.14. The first-order valence-corrected chi connectivity index (χ1v) is 18.1. The van der Waals surface area contributed by atoms with Gasteiger partial charge in [-0.1, -0.05) is 148 Å². The number of hydrogen-bond acceptors (Lipinski definition) is 4. The van der Waals surface area contributed by atoms with Gasteiger partial charge in [0, 0.05) is 19.7 Å². The molecular weight excluding hydrogens is 578 g/mol. The number of phenolic OH excluding ortho intramolecular Hbond substituents is 2. The molecule has 0 aliphatic heterocycles. The lowest BCUT2D eigenvalue weighted by molar-refractivity contribution is 0.234. The quantitative estimate of drug-likeness (QED) is 0.0710. The molecule has 0 heterocycles. The molecule has 0 aliphatic rings. The molecule has 4 rings (SSSR count). The van der Waals surface area contributed by atoms with Crippen LogP contribution in [0.15, 0.2) is 109 Å². The number of aromatic hydroxyl groups is 2. The standard InChI is InChI=1S/C43H57NO3/c45-33-30-39(34-36-20-10-8-11-21-36)40(41-26-16-18-28-43(41)47)25-14-6-4-2-1-3-5-7-19-31-44(35-37-22-12-9-13-23-37)32-29-38-24-15-17-27-42(38)46/h8-13,15-18,20-24,26-28,39-40,45-47H,1-7,14,19,25,29-35H2. The molecule has 0 spiro atoms. The Morgan fingerprint density at radius 1 is 0.511 bits per heavy atom. The predicted molar refractivity (Wildman–Crippen MR) is 196 cm³/mol. The minimum atomic E-state index is 0.172. The number of benzene rings is 4. The highest BCUT2D eigenvalue weighted by Gasteiger charge is 2.25. The summed E-state index contributed by atoms with van der Waals surface area (Å²) < 4.78 is 0. The molecule has 0 fully saturated rings. The summed E-state index contributed by atoms with van der Waals surface area (Å²) in [4.78, 5) is 2.54. The molecule has 2 atom stereocenters. The van der Waals surface area contributed by atoms with E-state index in [2.05, 4.69) is 65.6 Å². The lowest BCUT2D eigenvalue weighted by Gasteiger charge is -2.28. The number of rotatable bonds is 23. The van der Waals surface area contributed by atoms with Crippen LogP contribution in [0.2, 0.25) is 0 Å². The van der Waals surface area contributed by atoms with E-state index >= 15 is 0 Å². The van der Waals surface area contributed by atoms with Crippen LogP contribution in [0.3, 0.4) is 0 Å². The van der Waals surface area contributed by atoms with Gasteiger partial charge in [0.15, 0.2) is 0 Å². The molecular formula is C43H57NO3. The first-order valence-electron chi connectivity index (χ1n) is 18.1. The third kappa shape index (κ3) is 13.2. The van der Waals surface area contributed by atoms with E-state index in [0.29, 0.717) is 17.4 Å². The Morgan fingerprint density at radius 2 is 1.06 bits per heavy atom. The Labute approximate surface area is 284 Å². The number of phenols is 2. The summed E-state index contributed by atoms with van der Waals surface area (Å²) in [5, 5.41) is 30.9. The highest BCUT2D eigenvalue weighted by atomic mass is 16.3. The molecule has 0 bridgehead atoms. The highest BCUT2D eigenvalue weighted by Crippen LogP contribution is 2.38. The summed E-state index contributed by atoms with van der Waals surface area (Å²) in [6, 6.07) is 36.8. The summed E-state index contributed by atoms with van der Waals surface area (Å²) in [5.74, 6) is 1.32. The van der Waals surface area contributed by atoms with E-state index in [9.17, 15) is 15.3 Å². The van der Waals surface area contributed by atoms with Gasteiger partial charge in [-0.2, -0.15) is 0 Å². The zero-order valence-corrected chi connectivity index (χ0v) is 28.4. The van der Waals surface area contributed by atoms with Crippen LogP contribution in [-0.4, -0.2) is 39.9 Å². The molecule has 0 radical (unpaired) electrons. The molecule has 4 aromatic rings. The van der Waals surface area contributed by atoms with Crippen LogP contribution in [0, 0.1) is 5.92 Å². The Morgan fingerprint density at radius 3 is 1.70 bits per heavy atom. The Kier molecular flexibility index (Phi) is 16.4. The van der Waals surface area contributed by atoms with Crippen molar-refractivity contribution in [3.63, 3.8) is 0 Å². The van der Waals surface area contributed by atoms with E-state index in [0.717, 1.165) is 62.9 Å².